The molecule has 4 nitrogen and oxygen atoms in total. The van der Waals surface area contributed by atoms with E-state index in [-0.39, 0.29) is 23.7 Å². The lowest BCUT2D eigenvalue weighted by Crippen LogP contribution is -2.47. The minimum Gasteiger partial charge on any atom is -0.486 e. The molecule has 1 amide bonds. The van der Waals surface area contributed by atoms with Crippen molar-refractivity contribution in [2.24, 2.45) is 11.7 Å². The Morgan fingerprint density at radius 3 is 2.57 bits per heavy atom. The van der Waals surface area contributed by atoms with Crippen molar-refractivity contribution in [1.82, 2.24) is 5.32 Å². The van der Waals surface area contributed by atoms with Gasteiger partial charge in [0, 0.05) is 0 Å². The maximum atomic E-state index is 13.5. The third-order valence-corrected chi connectivity index (χ3v) is 3.65. The maximum absolute atomic E-state index is 13.5. The third kappa shape index (κ3) is 5.34. The predicted octanol–water partition coefficient (Wildman–Crippen LogP) is 2.47. The fourth-order valence-corrected chi connectivity index (χ4v) is 1.83. The number of hydrogen-bond acceptors (Lipinski definition) is 3. The molecule has 0 aliphatic carbocycles. The van der Waals surface area contributed by atoms with E-state index in [4.69, 9.17) is 10.5 Å². The zero-order chi connectivity index (χ0) is 15.8. The molecule has 1 aromatic carbocycles. The zero-order valence-corrected chi connectivity index (χ0v) is 12.9. The molecule has 21 heavy (non-hydrogen) atoms. The van der Waals surface area contributed by atoms with Gasteiger partial charge in [0.2, 0.25) is 5.91 Å². The molecule has 0 radical (unpaired) electrons. The molecule has 118 valence electrons. The topological polar surface area (TPSA) is 64.4 Å². The summed E-state index contributed by atoms with van der Waals surface area (Å²) in [5.41, 5.74) is 5.86. The van der Waals surface area contributed by atoms with Crippen molar-refractivity contribution in [3.05, 3.63) is 30.1 Å². The molecule has 3 atom stereocenters. The Labute approximate surface area is 125 Å². The zero-order valence-electron chi connectivity index (χ0n) is 12.9. The first-order valence-corrected chi connectivity index (χ1v) is 7.44. The van der Waals surface area contributed by atoms with Crippen molar-refractivity contribution in [3.63, 3.8) is 0 Å². The molecule has 0 spiro atoms. The maximum Gasteiger partial charge on any atom is 0.237 e. The summed E-state index contributed by atoms with van der Waals surface area (Å²) < 4.78 is 19.1. The van der Waals surface area contributed by atoms with Gasteiger partial charge in [-0.05, 0) is 24.5 Å². The summed E-state index contributed by atoms with van der Waals surface area (Å²) in [7, 11) is 0. The number of nitrogens with two attached hydrogens (primary N) is 1. The van der Waals surface area contributed by atoms with Gasteiger partial charge in [0.05, 0.1) is 12.6 Å². The first-order valence-electron chi connectivity index (χ1n) is 7.44. The van der Waals surface area contributed by atoms with Gasteiger partial charge in [-0.25, -0.2) is 4.39 Å². The summed E-state index contributed by atoms with van der Waals surface area (Å²) in [6, 6.07) is 5.71. The molecule has 0 aromatic heterocycles. The van der Waals surface area contributed by atoms with E-state index in [9.17, 15) is 9.18 Å². The van der Waals surface area contributed by atoms with Crippen molar-refractivity contribution >= 4 is 5.91 Å². The van der Waals surface area contributed by atoms with Gasteiger partial charge in [-0.15, -0.1) is 0 Å². The lowest BCUT2D eigenvalue weighted by Gasteiger charge is -2.21. The summed E-state index contributed by atoms with van der Waals surface area (Å²) >= 11 is 0. The average molecular weight is 296 g/mol. The number of carbonyl (C=O) groups is 1. The van der Waals surface area contributed by atoms with Crippen LogP contribution in [0.4, 0.5) is 4.39 Å². The van der Waals surface area contributed by atoms with E-state index in [1.165, 1.54) is 6.07 Å². The minimum absolute atomic E-state index is 0.123. The van der Waals surface area contributed by atoms with Crippen LogP contribution in [0.2, 0.25) is 0 Å². The Bertz CT molecular complexity index is 454. The second-order valence-electron chi connectivity index (χ2n) is 5.23. The number of rotatable bonds is 8. The smallest absolute Gasteiger partial charge is 0.237 e. The van der Waals surface area contributed by atoms with Crippen LogP contribution in [0.25, 0.3) is 0 Å². The van der Waals surface area contributed by atoms with E-state index in [1.807, 2.05) is 20.8 Å². The number of amides is 1. The number of nitrogens with one attached hydrogen (secondary N) is 1. The average Bonchev–Trinajstić information content (AvgIpc) is 2.51. The van der Waals surface area contributed by atoms with Crippen LogP contribution in [-0.2, 0) is 4.79 Å². The minimum atomic E-state index is -0.527. The number of halogens is 1. The summed E-state index contributed by atoms with van der Waals surface area (Å²) in [6.07, 6.45) is 1.22. The second kappa shape index (κ2) is 8.62. The van der Waals surface area contributed by atoms with Crippen molar-refractivity contribution in [3.8, 4) is 5.75 Å². The monoisotopic (exact) mass is 296 g/mol. The van der Waals surface area contributed by atoms with Crippen molar-refractivity contribution in [2.75, 3.05) is 6.54 Å². The van der Waals surface area contributed by atoms with Gasteiger partial charge in [0.15, 0.2) is 11.6 Å². The SMILES string of the molecule is CCC(CNC(=O)C(N)C(C)CC)Oc1ccccc1F. The highest BCUT2D eigenvalue weighted by Crippen LogP contribution is 2.17. The third-order valence-electron chi connectivity index (χ3n) is 3.65. The van der Waals surface area contributed by atoms with Crippen LogP contribution in [0, 0.1) is 11.7 Å². The highest BCUT2D eigenvalue weighted by Gasteiger charge is 2.20. The van der Waals surface area contributed by atoms with Gasteiger partial charge in [-0.2, -0.15) is 0 Å². The summed E-state index contributed by atoms with van der Waals surface area (Å²) in [5.74, 6) is -0.277. The van der Waals surface area contributed by atoms with Gasteiger partial charge in [-0.1, -0.05) is 39.3 Å². The van der Waals surface area contributed by atoms with E-state index in [2.05, 4.69) is 5.32 Å². The quantitative estimate of drug-likeness (QED) is 0.774. The fourth-order valence-electron chi connectivity index (χ4n) is 1.83. The van der Waals surface area contributed by atoms with E-state index in [0.717, 1.165) is 6.42 Å². The van der Waals surface area contributed by atoms with E-state index >= 15 is 0 Å². The van der Waals surface area contributed by atoms with Gasteiger partial charge in [0.25, 0.3) is 0 Å². The molecule has 1 aromatic rings. The molecule has 1 rings (SSSR count). The molecule has 0 heterocycles. The first kappa shape index (κ1) is 17.4. The van der Waals surface area contributed by atoms with Gasteiger partial charge >= 0.3 is 0 Å². The van der Waals surface area contributed by atoms with Crippen molar-refractivity contribution in [1.29, 1.82) is 0 Å². The van der Waals surface area contributed by atoms with Crippen molar-refractivity contribution in [2.45, 2.75) is 45.8 Å². The predicted molar refractivity (Wildman–Crippen MR) is 81.5 cm³/mol. The molecule has 0 fully saturated rings. The van der Waals surface area contributed by atoms with Crippen LogP contribution >= 0.6 is 0 Å². The highest BCUT2D eigenvalue weighted by atomic mass is 19.1. The number of benzene rings is 1. The van der Waals surface area contributed by atoms with Crippen LogP contribution in [0.3, 0.4) is 0 Å². The van der Waals surface area contributed by atoms with Crippen LogP contribution in [-0.4, -0.2) is 24.6 Å². The Balaban J connectivity index is 2.52. The second-order valence-corrected chi connectivity index (χ2v) is 5.23. The number of hydrogen-bond donors (Lipinski definition) is 2. The largest absolute Gasteiger partial charge is 0.486 e. The Hall–Kier alpha value is -1.62. The van der Waals surface area contributed by atoms with Crippen LogP contribution in [0.15, 0.2) is 24.3 Å². The number of para-hydroxylation sites is 1. The lowest BCUT2D eigenvalue weighted by molar-refractivity contribution is -0.123. The van der Waals surface area contributed by atoms with E-state index in [1.54, 1.807) is 18.2 Å². The molecular weight excluding hydrogens is 271 g/mol. The molecule has 0 aliphatic heterocycles. The number of ether oxygens (including phenoxy) is 1. The molecule has 3 N–H and O–H groups in total. The normalized spacial score (nSPS) is 15.1. The Morgan fingerprint density at radius 1 is 1.33 bits per heavy atom. The van der Waals surface area contributed by atoms with Crippen molar-refractivity contribution < 1.29 is 13.9 Å². The molecule has 0 bridgehead atoms. The molecule has 5 heteroatoms. The van der Waals surface area contributed by atoms with Crippen LogP contribution in [0.1, 0.15) is 33.6 Å². The lowest BCUT2D eigenvalue weighted by atomic mass is 9.99. The van der Waals surface area contributed by atoms with Gasteiger partial charge < -0.3 is 15.8 Å². The van der Waals surface area contributed by atoms with E-state index in [0.29, 0.717) is 13.0 Å². The Kier molecular flexibility index (Phi) is 7.15. The van der Waals surface area contributed by atoms with Gasteiger partial charge in [-0.3, -0.25) is 4.79 Å². The Morgan fingerprint density at radius 2 is 2.00 bits per heavy atom. The van der Waals surface area contributed by atoms with E-state index < -0.39 is 11.9 Å². The molecule has 3 unspecified atom stereocenters. The van der Waals surface area contributed by atoms with Crippen LogP contribution in [0.5, 0.6) is 5.75 Å². The standard InChI is InChI=1S/C16H25FN2O2/c1-4-11(3)15(18)16(20)19-10-12(5-2)21-14-9-7-6-8-13(14)17/h6-9,11-12,15H,4-5,10,18H2,1-3H3,(H,19,20). The number of carbonyl (C=O) groups excluding carboxylic acids is 1. The summed E-state index contributed by atoms with van der Waals surface area (Å²) in [5, 5.41) is 2.78. The van der Waals surface area contributed by atoms with Crippen LogP contribution < -0.4 is 15.8 Å². The highest BCUT2D eigenvalue weighted by molar-refractivity contribution is 5.81. The summed E-state index contributed by atoms with van der Waals surface area (Å²) in [4.78, 5) is 11.9. The molecule has 0 saturated carbocycles. The van der Waals surface area contributed by atoms with Gasteiger partial charge in [0.1, 0.15) is 6.10 Å². The molecule has 0 saturated heterocycles. The summed E-state index contributed by atoms with van der Waals surface area (Å²) in [6.45, 7) is 6.17. The molecule has 0 aliphatic rings. The fraction of sp³-hybridized carbons (Fsp3) is 0.562. The molecular formula is C16H25FN2O2. The first-order chi connectivity index (χ1) is 9.99.